The molecule has 128 valence electrons. The largest absolute Gasteiger partial charge is 0.497 e. The zero-order chi connectivity index (χ0) is 17.7. The maximum Gasteiger partial charge on any atom is 0.254 e. The summed E-state index contributed by atoms with van der Waals surface area (Å²) in [6.07, 6.45) is 0.600. The molecule has 0 spiro atoms. The van der Waals surface area contributed by atoms with Gasteiger partial charge in [0.1, 0.15) is 17.4 Å². The smallest absolute Gasteiger partial charge is 0.254 e. The molecule has 1 amide bonds. The van der Waals surface area contributed by atoms with Crippen molar-refractivity contribution in [3.8, 4) is 16.9 Å². The summed E-state index contributed by atoms with van der Waals surface area (Å²) >= 11 is 0. The van der Waals surface area contributed by atoms with Crippen molar-refractivity contribution in [1.29, 1.82) is 0 Å². The number of nitrogens with two attached hydrogens (primary N) is 1. The van der Waals surface area contributed by atoms with Gasteiger partial charge in [0.15, 0.2) is 0 Å². The third kappa shape index (κ3) is 4.29. The fraction of sp³-hybridized carbons (Fsp3) is 0.278. The Balaban J connectivity index is 2.19. The Morgan fingerprint density at radius 2 is 1.96 bits per heavy atom. The summed E-state index contributed by atoms with van der Waals surface area (Å²) in [6.45, 7) is 2.19. The Labute approximate surface area is 139 Å². The third-order valence-electron chi connectivity index (χ3n) is 3.59. The zero-order valence-electron chi connectivity index (χ0n) is 13.6. The number of methoxy groups -OCH3 is 1. The van der Waals surface area contributed by atoms with Crippen molar-refractivity contribution in [2.75, 3.05) is 13.7 Å². The molecule has 1 unspecified atom stereocenters. The molecule has 3 N–H and O–H groups in total. The lowest BCUT2D eigenvalue weighted by Gasteiger charge is -2.10. The lowest BCUT2D eigenvalue weighted by atomic mass is 10.0. The van der Waals surface area contributed by atoms with E-state index in [2.05, 4.69) is 5.32 Å². The fourth-order valence-corrected chi connectivity index (χ4v) is 2.23. The molecule has 1 atom stereocenters. The number of halogens is 2. The third-order valence-corrected chi connectivity index (χ3v) is 3.59. The molecule has 2 aromatic rings. The highest BCUT2D eigenvalue weighted by molar-refractivity contribution is 5.95. The molecule has 0 aliphatic heterocycles. The number of benzene rings is 2. The Kier molecular flexibility index (Phi) is 5.87. The van der Waals surface area contributed by atoms with Crippen LogP contribution < -0.4 is 15.8 Å². The first-order chi connectivity index (χ1) is 11.4. The minimum atomic E-state index is -0.707. The van der Waals surface area contributed by atoms with E-state index in [0.29, 0.717) is 24.3 Å². The molecule has 2 aromatic carbocycles. The molecule has 0 bridgehead atoms. The zero-order valence-corrected chi connectivity index (χ0v) is 13.6. The van der Waals surface area contributed by atoms with Crippen molar-refractivity contribution >= 4 is 5.91 Å². The van der Waals surface area contributed by atoms with Crippen LogP contribution in [0.15, 0.2) is 36.4 Å². The fourth-order valence-electron chi connectivity index (χ4n) is 2.23. The number of carbonyl (C=O) groups excluding carboxylic acids is 1. The lowest BCUT2D eigenvalue weighted by Crippen LogP contribution is -2.29. The van der Waals surface area contributed by atoms with Gasteiger partial charge in [0.2, 0.25) is 0 Å². The van der Waals surface area contributed by atoms with Crippen LogP contribution in [0.25, 0.3) is 11.1 Å². The second-order valence-corrected chi connectivity index (χ2v) is 5.56. The number of amides is 1. The number of nitrogens with one attached hydrogen (secondary N) is 1. The molecule has 0 radical (unpaired) electrons. The summed E-state index contributed by atoms with van der Waals surface area (Å²) in [5.41, 5.74) is 6.09. The standard InChI is InChI=1S/C18H20F2N2O2/c1-11(21)7-8-22-18(23)15-5-3-12(9-16(15)19)14-6-4-13(24-2)10-17(14)20/h3-6,9-11H,7-8,21H2,1-2H3,(H,22,23). The van der Waals surface area contributed by atoms with Crippen LogP contribution >= 0.6 is 0 Å². The van der Waals surface area contributed by atoms with E-state index in [-0.39, 0.29) is 17.2 Å². The average molecular weight is 334 g/mol. The summed E-state index contributed by atoms with van der Waals surface area (Å²) in [4.78, 5) is 12.0. The highest BCUT2D eigenvalue weighted by Gasteiger charge is 2.14. The topological polar surface area (TPSA) is 64.3 Å². The highest BCUT2D eigenvalue weighted by atomic mass is 19.1. The SMILES string of the molecule is COc1ccc(-c2ccc(C(=O)NCCC(C)N)c(F)c2)c(F)c1. The molecule has 24 heavy (non-hydrogen) atoms. The van der Waals surface area contributed by atoms with Gasteiger partial charge in [-0.3, -0.25) is 4.79 Å². The summed E-state index contributed by atoms with van der Waals surface area (Å²) in [6, 6.07) is 8.27. The number of carbonyl (C=O) groups is 1. The quantitative estimate of drug-likeness (QED) is 0.853. The molecule has 2 rings (SSSR count). The number of rotatable bonds is 6. The maximum absolute atomic E-state index is 14.2. The van der Waals surface area contributed by atoms with Gasteiger partial charge in [0, 0.05) is 24.2 Å². The van der Waals surface area contributed by atoms with Crippen LogP contribution in [0.5, 0.6) is 5.75 Å². The van der Waals surface area contributed by atoms with E-state index in [1.54, 1.807) is 6.07 Å². The summed E-state index contributed by atoms with van der Waals surface area (Å²) < 4.78 is 33.2. The first kappa shape index (κ1) is 17.9. The maximum atomic E-state index is 14.2. The lowest BCUT2D eigenvalue weighted by molar-refractivity contribution is 0.0949. The molecular formula is C18H20F2N2O2. The van der Waals surface area contributed by atoms with Gasteiger partial charge in [-0.2, -0.15) is 0 Å². The van der Waals surface area contributed by atoms with Crippen molar-refractivity contribution in [3.63, 3.8) is 0 Å². The van der Waals surface area contributed by atoms with Crippen LogP contribution in [0.3, 0.4) is 0 Å². The molecule has 0 aliphatic rings. The van der Waals surface area contributed by atoms with E-state index < -0.39 is 17.5 Å². The van der Waals surface area contributed by atoms with Gasteiger partial charge in [-0.15, -0.1) is 0 Å². The van der Waals surface area contributed by atoms with Crippen molar-refractivity contribution in [2.45, 2.75) is 19.4 Å². The van der Waals surface area contributed by atoms with Gasteiger partial charge < -0.3 is 15.8 Å². The average Bonchev–Trinajstić information content (AvgIpc) is 2.54. The number of hydrogen-bond donors (Lipinski definition) is 2. The number of ether oxygens (including phenoxy) is 1. The van der Waals surface area contributed by atoms with E-state index in [0.717, 1.165) is 6.07 Å². The van der Waals surface area contributed by atoms with Crippen LogP contribution in [0.1, 0.15) is 23.7 Å². The van der Waals surface area contributed by atoms with Crippen LogP contribution in [-0.2, 0) is 0 Å². The Bertz CT molecular complexity index is 733. The minimum Gasteiger partial charge on any atom is -0.497 e. The Morgan fingerprint density at radius 1 is 1.21 bits per heavy atom. The second-order valence-electron chi connectivity index (χ2n) is 5.56. The van der Waals surface area contributed by atoms with E-state index in [4.69, 9.17) is 10.5 Å². The van der Waals surface area contributed by atoms with Gasteiger partial charge in [-0.1, -0.05) is 6.07 Å². The van der Waals surface area contributed by atoms with E-state index >= 15 is 0 Å². The van der Waals surface area contributed by atoms with Crippen LogP contribution in [0.4, 0.5) is 8.78 Å². The van der Waals surface area contributed by atoms with Gasteiger partial charge >= 0.3 is 0 Å². The molecule has 0 aromatic heterocycles. The Hall–Kier alpha value is -2.47. The van der Waals surface area contributed by atoms with Crippen molar-refractivity contribution in [2.24, 2.45) is 5.73 Å². The summed E-state index contributed by atoms with van der Waals surface area (Å²) in [7, 11) is 1.44. The molecule has 4 nitrogen and oxygen atoms in total. The normalized spacial score (nSPS) is 11.9. The van der Waals surface area contributed by atoms with E-state index in [1.165, 1.54) is 31.4 Å². The minimum absolute atomic E-state index is 0.0458. The summed E-state index contributed by atoms with van der Waals surface area (Å²) in [5, 5.41) is 2.61. The molecule has 0 heterocycles. The molecule has 6 heteroatoms. The first-order valence-electron chi connectivity index (χ1n) is 7.59. The molecular weight excluding hydrogens is 314 g/mol. The van der Waals surface area contributed by atoms with Crippen molar-refractivity contribution < 1.29 is 18.3 Å². The predicted molar refractivity (Wildman–Crippen MR) is 88.9 cm³/mol. The van der Waals surface area contributed by atoms with Gasteiger partial charge in [-0.05, 0) is 43.2 Å². The predicted octanol–water partition coefficient (Wildman–Crippen LogP) is 3.11. The van der Waals surface area contributed by atoms with Crippen molar-refractivity contribution in [1.82, 2.24) is 5.32 Å². The van der Waals surface area contributed by atoms with Gasteiger partial charge in [0.25, 0.3) is 5.91 Å². The summed E-state index contributed by atoms with van der Waals surface area (Å²) in [5.74, 6) is -1.37. The second kappa shape index (κ2) is 7.88. The molecule has 0 saturated heterocycles. The highest BCUT2D eigenvalue weighted by Crippen LogP contribution is 2.27. The number of hydrogen-bond acceptors (Lipinski definition) is 3. The van der Waals surface area contributed by atoms with E-state index in [1.807, 2.05) is 6.92 Å². The van der Waals surface area contributed by atoms with Crippen LogP contribution in [0.2, 0.25) is 0 Å². The monoisotopic (exact) mass is 334 g/mol. The first-order valence-corrected chi connectivity index (χ1v) is 7.59. The van der Waals surface area contributed by atoms with Crippen molar-refractivity contribution in [3.05, 3.63) is 53.6 Å². The van der Waals surface area contributed by atoms with Gasteiger partial charge in [0.05, 0.1) is 12.7 Å². The molecule has 0 saturated carbocycles. The van der Waals surface area contributed by atoms with Gasteiger partial charge in [-0.25, -0.2) is 8.78 Å². The Morgan fingerprint density at radius 3 is 2.54 bits per heavy atom. The molecule has 0 fully saturated rings. The van der Waals surface area contributed by atoms with E-state index in [9.17, 15) is 13.6 Å². The van der Waals surface area contributed by atoms with Crippen LogP contribution in [0, 0.1) is 11.6 Å². The molecule has 0 aliphatic carbocycles. The van der Waals surface area contributed by atoms with Crippen LogP contribution in [-0.4, -0.2) is 25.6 Å².